The first-order valence-electron chi connectivity index (χ1n) is 11.0. The molecule has 9 heteroatoms. The Kier molecular flexibility index (Phi) is 7.96. The summed E-state index contributed by atoms with van der Waals surface area (Å²) in [7, 11) is 0. The number of amides is 1. The van der Waals surface area contributed by atoms with Crippen molar-refractivity contribution in [3.05, 3.63) is 92.9 Å². The fraction of sp³-hybridized carbons (Fsp3) is 0.192. The van der Waals surface area contributed by atoms with E-state index >= 15 is 0 Å². The number of anilines is 2. The number of halogens is 3. The zero-order chi connectivity index (χ0) is 24.9. The maximum absolute atomic E-state index is 13.2. The van der Waals surface area contributed by atoms with E-state index in [0.717, 1.165) is 11.1 Å². The molecular formula is C26H22Cl3N3O3. The highest BCUT2D eigenvalue weighted by Crippen LogP contribution is 2.40. The monoisotopic (exact) mass is 529 g/mol. The van der Waals surface area contributed by atoms with Crippen molar-refractivity contribution in [2.75, 3.05) is 16.9 Å². The second-order valence-electron chi connectivity index (χ2n) is 7.89. The van der Waals surface area contributed by atoms with Gasteiger partial charge in [-0.1, -0.05) is 59.1 Å². The van der Waals surface area contributed by atoms with Crippen LogP contribution in [0.4, 0.5) is 11.4 Å². The minimum atomic E-state index is -0.343. The molecule has 0 saturated carbocycles. The molecule has 0 aliphatic carbocycles. The second-order valence-corrected chi connectivity index (χ2v) is 9.17. The number of hydrogen-bond donors (Lipinski definition) is 1. The summed E-state index contributed by atoms with van der Waals surface area (Å²) in [4.78, 5) is 25.0. The Bertz CT molecular complexity index is 1280. The lowest BCUT2D eigenvalue weighted by Gasteiger charge is -2.25. The summed E-state index contributed by atoms with van der Waals surface area (Å²) in [6, 6.07) is 19.4. The lowest BCUT2D eigenvalue weighted by molar-refractivity contribution is -0.142. The Hall–Kier alpha value is -3.06. The third-order valence-corrected chi connectivity index (χ3v) is 6.21. The van der Waals surface area contributed by atoms with Crippen molar-refractivity contribution in [1.29, 1.82) is 0 Å². The number of rotatable bonds is 7. The third kappa shape index (κ3) is 6.14. The maximum Gasteiger partial charge on any atom is 0.310 e. The second kappa shape index (κ2) is 11.1. The van der Waals surface area contributed by atoms with E-state index in [1.165, 1.54) is 0 Å². The van der Waals surface area contributed by atoms with Crippen LogP contribution in [0.1, 0.15) is 30.5 Å². The Morgan fingerprint density at radius 1 is 1.03 bits per heavy atom. The molecule has 1 aliphatic rings. The highest BCUT2D eigenvalue weighted by atomic mass is 35.5. The van der Waals surface area contributed by atoms with Crippen molar-refractivity contribution in [3.8, 4) is 0 Å². The zero-order valence-corrected chi connectivity index (χ0v) is 21.1. The maximum atomic E-state index is 13.2. The average Bonchev–Trinajstić information content (AvgIpc) is 3.25. The predicted molar refractivity (Wildman–Crippen MR) is 141 cm³/mol. The summed E-state index contributed by atoms with van der Waals surface area (Å²) in [6.07, 6.45) is 0.481. The highest BCUT2D eigenvalue weighted by Gasteiger charge is 2.33. The lowest BCUT2D eigenvalue weighted by Crippen LogP contribution is -2.22. The Balaban J connectivity index is 1.58. The Morgan fingerprint density at radius 3 is 2.49 bits per heavy atom. The van der Waals surface area contributed by atoms with E-state index in [2.05, 4.69) is 10.4 Å². The molecule has 0 bridgehead atoms. The van der Waals surface area contributed by atoms with Crippen LogP contribution in [0.5, 0.6) is 0 Å². The minimum absolute atomic E-state index is 0.125. The molecule has 1 aliphatic heterocycles. The molecular weight excluding hydrogens is 509 g/mol. The summed E-state index contributed by atoms with van der Waals surface area (Å²) >= 11 is 18.6. The van der Waals surface area contributed by atoms with E-state index < -0.39 is 0 Å². The molecule has 4 rings (SSSR count). The van der Waals surface area contributed by atoms with E-state index in [1.54, 1.807) is 66.5 Å². The van der Waals surface area contributed by atoms with Gasteiger partial charge in [0, 0.05) is 22.2 Å². The molecule has 0 radical (unpaired) electrons. The number of esters is 1. The van der Waals surface area contributed by atoms with E-state index in [4.69, 9.17) is 39.5 Å². The van der Waals surface area contributed by atoms with Crippen LogP contribution >= 0.6 is 34.8 Å². The van der Waals surface area contributed by atoms with Crippen molar-refractivity contribution in [2.24, 2.45) is 5.10 Å². The summed E-state index contributed by atoms with van der Waals surface area (Å²) in [6.45, 7) is 2.08. The molecule has 35 heavy (non-hydrogen) atoms. The number of benzene rings is 3. The van der Waals surface area contributed by atoms with Crippen molar-refractivity contribution >= 4 is 63.8 Å². The average molecular weight is 531 g/mol. The van der Waals surface area contributed by atoms with Gasteiger partial charge in [0.2, 0.25) is 0 Å². The Labute approximate surface area is 218 Å². The van der Waals surface area contributed by atoms with Crippen LogP contribution in [0.15, 0.2) is 71.8 Å². The van der Waals surface area contributed by atoms with Crippen LogP contribution in [0.2, 0.25) is 15.1 Å². The summed E-state index contributed by atoms with van der Waals surface area (Å²) in [5.41, 5.74) is 3.21. The van der Waals surface area contributed by atoms with Gasteiger partial charge in [-0.05, 0) is 60.5 Å². The van der Waals surface area contributed by atoms with E-state index in [1.807, 2.05) is 12.1 Å². The fourth-order valence-corrected chi connectivity index (χ4v) is 4.44. The normalized spacial score (nSPS) is 15.0. The minimum Gasteiger partial charge on any atom is -0.466 e. The summed E-state index contributed by atoms with van der Waals surface area (Å²) in [5, 5.41) is 10.8. The molecule has 1 unspecified atom stereocenters. The number of hydrazone groups is 1. The number of carbonyl (C=O) groups excluding carboxylic acids is 2. The number of carbonyl (C=O) groups is 2. The third-order valence-electron chi connectivity index (χ3n) is 5.42. The van der Waals surface area contributed by atoms with Gasteiger partial charge in [-0.15, -0.1) is 0 Å². The van der Waals surface area contributed by atoms with E-state index in [9.17, 15) is 9.59 Å². The number of nitrogens with zero attached hydrogens (tertiary/aromatic N) is 2. The van der Waals surface area contributed by atoms with Crippen LogP contribution in [0.25, 0.3) is 0 Å². The molecule has 1 amide bonds. The molecule has 0 saturated heterocycles. The van der Waals surface area contributed by atoms with Crippen molar-refractivity contribution in [3.63, 3.8) is 0 Å². The molecule has 3 aromatic carbocycles. The van der Waals surface area contributed by atoms with Gasteiger partial charge in [-0.2, -0.15) is 5.10 Å². The van der Waals surface area contributed by atoms with Gasteiger partial charge >= 0.3 is 5.97 Å². The van der Waals surface area contributed by atoms with Gasteiger partial charge in [-0.25, -0.2) is 0 Å². The molecule has 1 heterocycles. The van der Waals surface area contributed by atoms with E-state index in [-0.39, 0.29) is 24.3 Å². The number of ether oxygens (including phenoxy) is 1. The zero-order valence-electron chi connectivity index (χ0n) is 18.8. The van der Waals surface area contributed by atoms with Gasteiger partial charge in [0.1, 0.15) is 5.71 Å². The molecule has 180 valence electrons. The molecule has 1 N–H and O–H groups in total. The number of hydrogen-bond acceptors (Lipinski definition) is 5. The van der Waals surface area contributed by atoms with Gasteiger partial charge in [0.15, 0.2) is 0 Å². The fourth-order valence-electron chi connectivity index (χ4n) is 3.82. The summed E-state index contributed by atoms with van der Waals surface area (Å²) in [5.74, 6) is -0.665. The van der Waals surface area contributed by atoms with Crippen molar-refractivity contribution < 1.29 is 14.3 Å². The topological polar surface area (TPSA) is 71.0 Å². The standard InChI is InChI=1S/C26H22Cl3N3O3/c1-2-35-25(33)13-16-4-3-5-20(12-16)30-26(34)22-15-24(17-6-8-18(27)9-7-17)32(31-22)23-11-10-19(28)14-21(23)29/h3-12,14,24H,2,13,15H2,1H3,(H,30,34). The SMILES string of the molecule is CCOC(=O)Cc1cccc(NC(=O)C2=NN(c3ccc(Cl)cc3Cl)C(c3ccc(Cl)cc3)C2)c1. The quantitative estimate of drug-likeness (QED) is 0.345. The van der Waals surface area contributed by atoms with E-state index in [0.29, 0.717) is 45.2 Å². The van der Waals surface area contributed by atoms with Crippen LogP contribution in [-0.2, 0) is 20.7 Å². The van der Waals surface area contributed by atoms with Gasteiger partial charge in [0.05, 0.1) is 29.8 Å². The largest absolute Gasteiger partial charge is 0.466 e. The van der Waals surface area contributed by atoms with Gasteiger partial charge < -0.3 is 10.1 Å². The molecule has 0 aromatic heterocycles. The molecule has 0 spiro atoms. The first-order valence-corrected chi connectivity index (χ1v) is 12.1. The molecule has 1 atom stereocenters. The smallest absolute Gasteiger partial charge is 0.310 e. The predicted octanol–water partition coefficient (Wildman–Crippen LogP) is 6.70. The Morgan fingerprint density at radius 2 is 1.77 bits per heavy atom. The van der Waals surface area contributed by atoms with Crippen LogP contribution in [0, 0.1) is 0 Å². The van der Waals surface area contributed by atoms with Gasteiger partial charge in [-0.3, -0.25) is 14.6 Å². The van der Waals surface area contributed by atoms with Crippen LogP contribution < -0.4 is 10.3 Å². The first-order chi connectivity index (χ1) is 16.8. The van der Waals surface area contributed by atoms with Crippen molar-refractivity contribution in [2.45, 2.75) is 25.8 Å². The lowest BCUT2D eigenvalue weighted by atomic mass is 10.0. The molecule has 3 aromatic rings. The summed E-state index contributed by atoms with van der Waals surface area (Å²) < 4.78 is 5.00. The van der Waals surface area contributed by atoms with Gasteiger partial charge in [0.25, 0.3) is 5.91 Å². The van der Waals surface area contributed by atoms with Crippen molar-refractivity contribution in [1.82, 2.24) is 0 Å². The molecule has 6 nitrogen and oxygen atoms in total. The van der Waals surface area contributed by atoms with Crippen LogP contribution in [0.3, 0.4) is 0 Å². The first kappa shape index (κ1) is 25.0. The number of nitrogens with one attached hydrogen (secondary N) is 1. The highest BCUT2D eigenvalue weighted by molar-refractivity contribution is 6.44. The van der Waals surface area contributed by atoms with Crippen LogP contribution in [-0.4, -0.2) is 24.2 Å². The molecule has 0 fully saturated rings.